The molecule has 0 bridgehead atoms. The number of anilines is 1. The topological polar surface area (TPSA) is 140 Å². The Labute approximate surface area is 362 Å². The fraction of sp³-hybridized carbons (Fsp3) is 0.417. The number of hydrogen-bond donors (Lipinski definition) is 3. The number of fused-ring (bicyclic) bond motifs is 4. The number of ether oxygens (including phenoxy) is 4. The molecule has 3 atom stereocenters. The summed E-state index contributed by atoms with van der Waals surface area (Å²) in [4.78, 5) is 42.4. The first-order valence-corrected chi connectivity index (χ1v) is 21.7. The van der Waals surface area contributed by atoms with Crippen molar-refractivity contribution in [2.75, 3.05) is 25.1 Å². The summed E-state index contributed by atoms with van der Waals surface area (Å²) in [5.41, 5.74) is 5.15. The third kappa shape index (κ3) is 10.3. The molecule has 0 fully saturated rings. The van der Waals surface area contributed by atoms with Crippen LogP contribution in [0.1, 0.15) is 97.9 Å². The first-order chi connectivity index (χ1) is 28.9. The summed E-state index contributed by atoms with van der Waals surface area (Å²) in [6, 6.07) is 27.5. The quantitative estimate of drug-likeness (QED) is 0.0699. The molecule has 324 valence electrons. The number of aromatic nitrogens is 1. The van der Waals surface area contributed by atoms with E-state index in [1.165, 1.54) is 16.2 Å². The number of thiazole rings is 1. The second-order valence-electron chi connectivity index (χ2n) is 17.2. The number of rotatable bonds is 15. The number of hydrogen-bond acceptors (Lipinski definition) is 8. The van der Waals surface area contributed by atoms with Crippen LogP contribution in [0.15, 0.2) is 91.0 Å². The van der Waals surface area contributed by atoms with Crippen LogP contribution in [0.3, 0.4) is 0 Å². The highest BCUT2D eigenvalue weighted by molar-refractivity contribution is 7.21. The van der Waals surface area contributed by atoms with Crippen molar-refractivity contribution in [1.82, 2.24) is 10.2 Å². The first kappa shape index (κ1) is 45.0. The van der Waals surface area contributed by atoms with Crippen LogP contribution in [0.5, 0.6) is 5.75 Å². The van der Waals surface area contributed by atoms with Gasteiger partial charge in [-0.05, 0) is 126 Å². The third-order valence-electron chi connectivity index (χ3n) is 10.5. The number of carbonyl (C=O) groups excluding carboxylic acids is 2. The van der Waals surface area contributed by atoms with E-state index in [1.807, 2.05) is 137 Å². The highest BCUT2D eigenvalue weighted by Gasteiger charge is 2.39. The van der Waals surface area contributed by atoms with E-state index >= 15 is 0 Å². The number of amides is 3. The number of carboxylic acid groups (broad SMARTS) is 1. The van der Waals surface area contributed by atoms with Crippen LogP contribution in [0.2, 0.25) is 0 Å². The summed E-state index contributed by atoms with van der Waals surface area (Å²) >= 11 is 1.36. The first-order valence-electron chi connectivity index (χ1n) is 20.9. The van der Waals surface area contributed by atoms with Crippen molar-refractivity contribution in [2.24, 2.45) is 5.92 Å². The molecule has 1 heterocycles. The Morgan fingerprint density at radius 2 is 1.39 bits per heavy atom. The maximum Gasteiger partial charge on any atom is 0.506 e. The van der Waals surface area contributed by atoms with Crippen LogP contribution in [0.4, 0.5) is 14.7 Å². The van der Waals surface area contributed by atoms with Gasteiger partial charge in [0.1, 0.15) is 28.7 Å². The molecule has 1 unspecified atom stereocenters. The number of carbonyl (C=O) groups is 3. The maximum absolute atomic E-state index is 14.7. The highest BCUT2D eigenvalue weighted by Crippen LogP contribution is 2.45. The second-order valence-corrected chi connectivity index (χ2v) is 18.3. The molecule has 61 heavy (non-hydrogen) atoms. The fourth-order valence-corrected chi connectivity index (χ4v) is 8.98. The number of nitrogens with zero attached hydrogens (tertiary/aromatic N) is 2. The lowest BCUT2D eigenvalue weighted by molar-refractivity contribution is -0.547. The van der Waals surface area contributed by atoms with E-state index < -0.39 is 53.6 Å². The molecular formula is C48H59N4O8S+. The van der Waals surface area contributed by atoms with Crippen LogP contribution < -0.4 is 19.9 Å². The second kappa shape index (κ2) is 18.6. The van der Waals surface area contributed by atoms with E-state index in [-0.39, 0.29) is 12.5 Å². The summed E-state index contributed by atoms with van der Waals surface area (Å²) in [7, 11) is 0. The van der Waals surface area contributed by atoms with Gasteiger partial charge >= 0.3 is 17.3 Å². The van der Waals surface area contributed by atoms with Crippen molar-refractivity contribution in [1.29, 1.82) is 0 Å². The minimum atomic E-state index is -1.20. The van der Waals surface area contributed by atoms with Crippen LogP contribution in [-0.2, 0) is 19.0 Å². The molecule has 3 N–H and O–H groups in total. The third-order valence-corrected chi connectivity index (χ3v) is 11.5. The standard InChI is InChI=1S/C48H58N4O8S/c1-11-57-43(58-12-2)29(3)40(49-42(53)30(4)51(46(55)56)28-38-35-20-15-13-18-33(35)34-19-14-16-21-36(34)38)37-22-17-23-39-41(37)52(44(61-39)50-45(54)60-48(8,9)10)31-24-26-32(27-25-31)59-47(5,6)7/h13-27,29-30,38,40,43H,11-12,28H2,1-10H3,(H2,49,53,55,56)/p+1/t29-,30?,40-/m0/s1. The molecule has 1 aliphatic rings. The zero-order valence-corrected chi connectivity index (χ0v) is 37.6. The lowest BCUT2D eigenvalue weighted by Gasteiger charge is -2.34. The molecule has 4 aromatic carbocycles. The minimum absolute atomic E-state index is 0.0768. The van der Waals surface area contributed by atoms with Crippen molar-refractivity contribution in [3.05, 3.63) is 108 Å². The van der Waals surface area contributed by atoms with Gasteiger partial charge < -0.3 is 29.4 Å². The molecule has 0 radical (unpaired) electrons. The van der Waals surface area contributed by atoms with Gasteiger partial charge in [0.25, 0.3) is 0 Å². The molecule has 12 nitrogen and oxygen atoms in total. The van der Waals surface area contributed by atoms with Gasteiger partial charge in [-0.1, -0.05) is 67.6 Å². The largest absolute Gasteiger partial charge is 0.506 e. The minimum Gasteiger partial charge on any atom is -0.488 e. The molecule has 0 saturated carbocycles. The van der Waals surface area contributed by atoms with Crippen LogP contribution in [-0.4, -0.2) is 71.4 Å². The van der Waals surface area contributed by atoms with Gasteiger partial charge in [-0.25, -0.2) is 4.79 Å². The zero-order chi connectivity index (χ0) is 44.2. The fourth-order valence-electron chi connectivity index (χ4n) is 7.90. The number of para-hydroxylation sites is 1. The van der Waals surface area contributed by atoms with E-state index in [1.54, 1.807) is 27.7 Å². The summed E-state index contributed by atoms with van der Waals surface area (Å²) < 4.78 is 26.9. The summed E-state index contributed by atoms with van der Waals surface area (Å²) in [6.07, 6.45) is -2.55. The predicted octanol–water partition coefficient (Wildman–Crippen LogP) is 10.1. The Kier molecular flexibility index (Phi) is 13.8. The monoisotopic (exact) mass is 851 g/mol. The molecule has 0 spiro atoms. The predicted molar refractivity (Wildman–Crippen MR) is 239 cm³/mol. The van der Waals surface area contributed by atoms with Gasteiger partial charge in [-0.2, -0.15) is 14.7 Å². The molecule has 13 heteroatoms. The summed E-state index contributed by atoms with van der Waals surface area (Å²) in [5.74, 6) is -0.551. The number of benzene rings is 4. The van der Waals surface area contributed by atoms with Crippen LogP contribution in [0, 0.1) is 5.92 Å². The molecule has 0 saturated heterocycles. The molecular weight excluding hydrogens is 793 g/mol. The van der Waals surface area contributed by atoms with E-state index in [9.17, 15) is 19.5 Å². The average Bonchev–Trinajstić information content (AvgIpc) is 3.72. The normalized spacial score (nSPS) is 14.2. The van der Waals surface area contributed by atoms with E-state index in [4.69, 9.17) is 18.9 Å². The van der Waals surface area contributed by atoms with Gasteiger partial charge in [0.15, 0.2) is 11.8 Å². The van der Waals surface area contributed by atoms with Gasteiger partial charge in [0, 0.05) is 37.2 Å². The Hall–Kier alpha value is -5.50. The molecule has 1 aliphatic carbocycles. The lowest BCUT2D eigenvalue weighted by atomic mass is 9.92. The smallest absolute Gasteiger partial charge is 0.488 e. The van der Waals surface area contributed by atoms with Gasteiger partial charge in [0.2, 0.25) is 5.91 Å². The average molecular weight is 852 g/mol. The van der Waals surface area contributed by atoms with Crippen molar-refractivity contribution < 1.29 is 43.0 Å². The van der Waals surface area contributed by atoms with Crippen molar-refractivity contribution >= 4 is 44.8 Å². The van der Waals surface area contributed by atoms with Crippen molar-refractivity contribution in [3.8, 4) is 22.6 Å². The zero-order valence-electron chi connectivity index (χ0n) is 36.8. The molecule has 3 amide bonds. The van der Waals surface area contributed by atoms with Crippen molar-refractivity contribution in [3.63, 3.8) is 0 Å². The van der Waals surface area contributed by atoms with Gasteiger partial charge in [0.05, 0.1) is 10.7 Å². The van der Waals surface area contributed by atoms with Crippen molar-refractivity contribution in [2.45, 2.75) is 105 Å². The Morgan fingerprint density at radius 3 is 1.93 bits per heavy atom. The van der Waals surface area contributed by atoms with E-state index in [0.29, 0.717) is 35.2 Å². The number of nitrogens with one attached hydrogen (secondary N) is 2. The molecule has 0 aliphatic heterocycles. The van der Waals surface area contributed by atoms with E-state index in [2.05, 4.69) is 10.6 Å². The summed E-state index contributed by atoms with van der Waals surface area (Å²) in [5, 5.41) is 17.5. The van der Waals surface area contributed by atoms with E-state index in [0.717, 1.165) is 32.6 Å². The highest BCUT2D eigenvalue weighted by atomic mass is 32.1. The Morgan fingerprint density at radius 1 is 0.803 bits per heavy atom. The Balaban J connectivity index is 1.44. The van der Waals surface area contributed by atoms with Crippen LogP contribution >= 0.6 is 11.3 Å². The molecule has 1 aromatic heterocycles. The Bertz CT molecular complexity index is 2300. The van der Waals surface area contributed by atoms with Gasteiger partial charge in [-0.3, -0.25) is 9.69 Å². The molecule has 5 aromatic rings. The maximum atomic E-state index is 14.7. The SMILES string of the molecule is CCOC(OCC)[C@@H](C)[C@H](NC(=O)C(C)N(CC1c2ccccc2-c2ccccc21)C(=O)O)c1cccc2sc(NC(=O)OC(C)(C)C)[n+](-c3ccc(OC(C)(C)C)cc3)c12. The molecule has 6 rings (SSSR count). The van der Waals surface area contributed by atoms with Crippen LogP contribution in [0.25, 0.3) is 27.0 Å². The summed E-state index contributed by atoms with van der Waals surface area (Å²) in [6.45, 7) is 19.5. The lowest BCUT2D eigenvalue weighted by Crippen LogP contribution is -2.51. The van der Waals surface area contributed by atoms with Gasteiger partial charge in [-0.15, -0.1) is 0 Å².